The molecule has 0 amide bonds. The van der Waals surface area contributed by atoms with Crippen molar-refractivity contribution in [3.63, 3.8) is 0 Å². The molecule has 0 fully saturated rings. The number of allylic oxidation sites excluding steroid dienone is 1. The van der Waals surface area contributed by atoms with Crippen LogP contribution in [0.4, 0.5) is 17.6 Å². The van der Waals surface area contributed by atoms with Crippen LogP contribution in [0.15, 0.2) is 12.3 Å². The largest absolute Gasteiger partial charge is 0.495 e. The molecule has 1 nitrogen and oxygen atoms in total. The van der Waals surface area contributed by atoms with Gasteiger partial charge >= 0.3 is 6.18 Å². The van der Waals surface area contributed by atoms with Crippen molar-refractivity contribution in [1.82, 2.24) is 0 Å². The molecule has 5 heteroatoms. The van der Waals surface area contributed by atoms with E-state index in [0.29, 0.717) is 0 Å². The fourth-order valence-corrected chi connectivity index (χ4v) is 1.27. The average Bonchev–Trinajstić information content (AvgIpc) is 2.13. The maximum absolute atomic E-state index is 13.9. The van der Waals surface area contributed by atoms with Gasteiger partial charge in [0, 0.05) is 5.92 Å². The lowest BCUT2D eigenvalue weighted by atomic mass is 9.86. The highest BCUT2D eigenvalue weighted by molar-refractivity contribution is 5.12. The summed E-state index contributed by atoms with van der Waals surface area (Å²) >= 11 is 0. The van der Waals surface area contributed by atoms with Gasteiger partial charge in [-0.2, -0.15) is 13.2 Å². The first-order chi connectivity index (χ1) is 6.71. The number of ether oxygens (including phenoxy) is 1. The maximum Gasteiger partial charge on any atom is 0.430 e. The second-order valence-electron chi connectivity index (χ2n) is 3.38. The molecular formula is C10H16F4O. The minimum atomic E-state index is -4.99. The molecule has 0 aromatic carbocycles. The molecule has 0 aromatic heterocycles. The lowest BCUT2D eigenvalue weighted by Gasteiger charge is -2.33. The lowest BCUT2D eigenvalue weighted by molar-refractivity contribution is -0.243. The third-order valence-corrected chi connectivity index (χ3v) is 2.43. The van der Waals surface area contributed by atoms with Crippen LogP contribution in [-0.2, 0) is 4.74 Å². The summed E-state index contributed by atoms with van der Waals surface area (Å²) in [5.41, 5.74) is -3.46. The summed E-state index contributed by atoms with van der Waals surface area (Å²) in [7, 11) is 0. The molecule has 0 N–H and O–H groups in total. The number of hydrogen-bond acceptors (Lipinski definition) is 1. The smallest absolute Gasteiger partial charge is 0.430 e. The molecule has 2 atom stereocenters. The molecule has 0 aliphatic heterocycles. The van der Waals surface area contributed by atoms with Crippen molar-refractivity contribution in [2.45, 2.75) is 39.0 Å². The van der Waals surface area contributed by atoms with Crippen LogP contribution in [-0.4, -0.2) is 18.5 Å². The molecule has 0 aromatic rings. The average molecular weight is 228 g/mol. The van der Waals surface area contributed by atoms with E-state index in [0.717, 1.165) is 0 Å². The first kappa shape index (κ1) is 14.3. The first-order valence-corrected chi connectivity index (χ1v) is 4.79. The molecule has 0 saturated carbocycles. The Hall–Kier alpha value is -0.740. The van der Waals surface area contributed by atoms with Gasteiger partial charge in [-0.1, -0.05) is 20.4 Å². The van der Waals surface area contributed by atoms with Crippen molar-refractivity contribution >= 4 is 0 Å². The third kappa shape index (κ3) is 2.63. The highest BCUT2D eigenvalue weighted by atomic mass is 19.4. The Morgan fingerprint density at radius 3 is 2.00 bits per heavy atom. The quantitative estimate of drug-likeness (QED) is 0.513. The topological polar surface area (TPSA) is 9.23 Å². The minimum Gasteiger partial charge on any atom is -0.495 e. The molecule has 0 spiro atoms. The van der Waals surface area contributed by atoms with E-state index in [4.69, 9.17) is 0 Å². The summed E-state index contributed by atoms with van der Waals surface area (Å²) in [5, 5.41) is 0. The summed E-state index contributed by atoms with van der Waals surface area (Å²) in [6.07, 6.45) is -4.93. The van der Waals surface area contributed by atoms with E-state index in [1.54, 1.807) is 0 Å². The monoisotopic (exact) mass is 228 g/mol. The Labute approximate surface area is 87.1 Å². The van der Waals surface area contributed by atoms with Crippen LogP contribution in [0.25, 0.3) is 0 Å². The van der Waals surface area contributed by atoms with E-state index in [9.17, 15) is 17.6 Å². The van der Waals surface area contributed by atoms with Crippen molar-refractivity contribution in [2.75, 3.05) is 6.61 Å². The van der Waals surface area contributed by atoms with E-state index >= 15 is 0 Å². The van der Waals surface area contributed by atoms with Crippen LogP contribution in [0, 0.1) is 5.92 Å². The molecule has 0 heterocycles. The minimum absolute atomic E-state index is 0.0307. The molecular weight excluding hydrogens is 212 g/mol. The Balaban J connectivity index is 5.12. The summed E-state index contributed by atoms with van der Waals surface area (Å²) < 4.78 is 56.3. The van der Waals surface area contributed by atoms with Crippen LogP contribution in [0.2, 0.25) is 0 Å². The van der Waals surface area contributed by atoms with Gasteiger partial charge in [0.15, 0.2) is 0 Å². The van der Waals surface area contributed by atoms with Crippen LogP contribution in [0.3, 0.4) is 0 Å². The van der Waals surface area contributed by atoms with Gasteiger partial charge in [-0.05, 0) is 13.3 Å². The summed E-state index contributed by atoms with van der Waals surface area (Å²) in [4.78, 5) is 0. The van der Waals surface area contributed by atoms with E-state index in [-0.39, 0.29) is 13.0 Å². The van der Waals surface area contributed by atoms with Crippen LogP contribution < -0.4 is 0 Å². The Kier molecular flexibility index (Phi) is 4.62. The zero-order chi connectivity index (χ0) is 12.3. The van der Waals surface area contributed by atoms with Gasteiger partial charge in [-0.15, -0.1) is 0 Å². The summed E-state index contributed by atoms with van der Waals surface area (Å²) in [6, 6.07) is 0. The van der Waals surface area contributed by atoms with Gasteiger partial charge in [-0.25, -0.2) is 4.39 Å². The van der Waals surface area contributed by atoms with Gasteiger partial charge < -0.3 is 4.74 Å². The Bertz CT molecular complexity index is 224. The van der Waals surface area contributed by atoms with Gasteiger partial charge in [0.1, 0.15) is 5.76 Å². The Morgan fingerprint density at radius 1 is 1.27 bits per heavy atom. The molecule has 15 heavy (non-hydrogen) atoms. The van der Waals surface area contributed by atoms with Crippen LogP contribution >= 0.6 is 0 Å². The van der Waals surface area contributed by atoms with Crippen LogP contribution in [0.5, 0.6) is 0 Å². The zero-order valence-electron chi connectivity index (χ0n) is 9.12. The Morgan fingerprint density at radius 2 is 1.73 bits per heavy atom. The van der Waals surface area contributed by atoms with E-state index in [1.807, 2.05) is 0 Å². The molecule has 0 rings (SSSR count). The zero-order valence-corrected chi connectivity index (χ0v) is 9.12. The SMILES string of the molecule is C=C(OCC)C(F)(C(C)CC)C(F)(F)F. The molecule has 0 aliphatic carbocycles. The fraction of sp³-hybridized carbons (Fsp3) is 0.800. The molecule has 0 saturated heterocycles. The van der Waals surface area contributed by atoms with E-state index < -0.39 is 23.5 Å². The van der Waals surface area contributed by atoms with Crippen molar-refractivity contribution in [1.29, 1.82) is 0 Å². The predicted molar refractivity (Wildman–Crippen MR) is 50.1 cm³/mol. The highest BCUT2D eigenvalue weighted by Gasteiger charge is 2.62. The van der Waals surface area contributed by atoms with Crippen molar-refractivity contribution in [3.8, 4) is 0 Å². The van der Waals surface area contributed by atoms with Crippen molar-refractivity contribution < 1.29 is 22.3 Å². The molecule has 0 bridgehead atoms. The van der Waals surface area contributed by atoms with E-state index in [2.05, 4.69) is 11.3 Å². The number of alkyl halides is 4. The van der Waals surface area contributed by atoms with Gasteiger partial charge in [0.05, 0.1) is 6.61 Å². The maximum atomic E-state index is 13.9. The van der Waals surface area contributed by atoms with E-state index in [1.165, 1.54) is 20.8 Å². The standard InChI is InChI=1S/C10H16F4O/c1-5-7(3)9(11,10(12,13)14)8(4)15-6-2/h7H,4-6H2,1-3H3. The van der Waals surface area contributed by atoms with Crippen LogP contribution in [0.1, 0.15) is 27.2 Å². The fourth-order valence-electron chi connectivity index (χ4n) is 1.27. The number of rotatable bonds is 5. The predicted octanol–water partition coefficient (Wildman–Crippen LogP) is 3.85. The first-order valence-electron chi connectivity index (χ1n) is 4.79. The number of halogens is 4. The second-order valence-corrected chi connectivity index (χ2v) is 3.38. The lowest BCUT2D eigenvalue weighted by Crippen LogP contribution is -2.48. The van der Waals surface area contributed by atoms with Gasteiger partial charge in [0.2, 0.25) is 0 Å². The normalized spacial score (nSPS) is 18.1. The summed E-state index contributed by atoms with van der Waals surface area (Å²) in [6.45, 7) is 7.17. The summed E-state index contributed by atoms with van der Waals surface area (Å²) in [5.74, 6) is -2.07. The molecule has 2 unspecified atom stereocenters. The molecule has 0 radical (unpaired) electrons. The van der Waals surface area contributed by atoms with Crippen molar-refractivity contribution in [2.24, 2.45) is 5.92 Å². The highest BCUT2D eigenvalue weighted by Crippen LogP contribution is 2.45. The second kappa shape index (κ2) is 4.86. The van der Waals surface area contributed by atoms with Gasteiger partial charge in [0.25, 0.3) is 5.67 Å². The third-order valence-electron chi connectivity index (χ3n) is 2.43. The van der Waals surface area contributed by atoms with Gasteiger partial charge in [-0.3, -0.25) is 0 Å². The number of hydrogen-bond donors (Lipinski definition) is 0. The molecule has 0 aliphatic rings. The van der Waals surface area contributed by atoms with Crippen molar-refractivity contribution in [3.05, 3.63) is 12.3 Å². The molecule has 90 valence electrons.